The van der Waals surface area contributed by atoms with Crippen LogP contribution in [-0.4, -0.2) is 46.8 Å². The predicted octanol–water partition coefficient (Wildman–Crippen LogP) is 3.76. The monoisotopic (exact) mass is 374 g/mol. The molecule has 1 aromatic carbocycles. The number of carbonyl (C=O) groups is 2. The highest BCUT2D eigenvalue weighted by atomic mass is 35.5. The van der Waals surface area contributed by atoms with E-state index in [1.807, 2.05) is 47.2 Å². The molecule has 2 aromatic rings. The zero-order valence-corrected chi connectivity index (χ0v) is 15.7. The van der Waals surface area contributed by atoms with E-state index in [0.29, 0.717) is 23.7 Å². The van der Waals surface area contributed by atoms with E-state index in [0.717, 1.165) is 22.4 Å². The Morgan fingerprint density at radius 3 is 2.32 bits per heavy atom. The zero-order valence-electron chi connectivity index (χ0n) is 14.2. The number of likely N-dealkylation sites (tertiary alicyclic amines) is 2. The minimum atomic E-state index is -0.0275. The standard InChI is InChI=1S/C19H19ClN2O2S/c1-11-3-4-16(20)15(5-11)18(23)21-8-14-7-13(21)9-22(14)19(24)17-6-12(2)10-25-17/h3-6,10,13-14H,7-9H2,1-2H3/t13-,14-/m0/s1. The highest BCUT2D eigenvalue weighted by Crippen LogP contribution is 2.34. The van der Waals surface area contributed by atoms with Gasteiger partial charge >= 0.3 is 0 Å². The maximum absolute atomic E-state index is 12.9. The van der Waals surface area contributed by atoms with Gasteiger partial charge in [-0.15, -0.1) is 11.3 Å². The molecule has 6 heteroatoms. The van der Waals surface area contributed by atoms with Crippen molar-refractivity contribution in [3.05, 3.63) is 56.2 Å². The van der Waals surface area contributed by atoms with Crippen LogP contribution >= 0.6 is 22.9 Å². The fourth-order valence-corrected chi connectivity index (χ4v) is 4.86. The molecule has 2 aliphatic heterocycles. The summed E-state index contributed by atoms with van der Waals surface area (Å²) in [6.45, 7) is 5.14. The van der Waals surface area contributed by atoms with Gasteiger partial charge in [0.15, 0.2) is 0 Å². The summed E-state index contributed by atoms with van der Waals surface area (Å²) in [7, 11) is 0. The van der Waals surface area contributed by atoms with Crippen LogP contribution in [0.4, 0.5) is 0 Å². The minimum absolute atomic E-state index is 0.0275. The Kier molecular flexibility index (Phi) is 4.08. The summed E-state index contributed by atoms with van der Waals surface area (Å²) in [4.78, 5) is 30.2. The molecule has 0 spiro atoms. The molecule has 2 saturated heterocycles. The lowest BCUT2D eigenvalue weighted by molar-refractivity contribution is 0.0529. The fraction of sp³-hybridized carbons (Fsp3) is 0.368. The maximum Gasteiger partial charge on any atom is 0.264 e. The highest BCUT2D eigenvalue weighted by Gasteiger charge is 2.47. The normalized spacial score (nSPS) is 21.9. The van der Waals surface area contributed by atoms with Gasteiger partial charge in [0.1, 0.15) is 0 Å². The van der Waals surface area contributed by atoms with Gasteiger partial charge in [-0.2, -0.15) is 0 Å². The Hall–Kier alpha value is -1.85. The molecule has 2 fully saturated rings. The smallest absolute Gasteiger partial charge is 0.264 e. The molecule has 0 radical (unpaired) electrons. The van der Waals surface area contributed by atoms with E-state index < -0.39 is 0 Å². The van der Waals surface area contributed by atoms with Gasteiger partial charge in [0.2, 0.25) is 0 Å². The van der Waals surface area contributed by atoms with Crippen LogP contribution in [-0.2, 0) is 0 Å². The maximum atomic E-state index is 12.9. The van der Waals surface area contributed by atoms with Gasteiger partial charge < -0.3 is 9.80 Å². The molecule has 4 rings (SSSR count). The van der Waals surface area contributed by atoms with E-state index >= 15 is 0 Å². The Balaban J connectivity index is 1.50. The third-order valence-electron chi connectivity index (χ3n) is 5.06. The summed E-state index contributed by atoms with van der Waals surface area (Å²) in [6, 6.07) is 7.64. The summed E-state index contributed by atoms with van der Waals surface area (Å²) in [5.74, 6) is 0.0616. The van der Waals surface area contributed by atoms with Gasteiger partial charge in [0.05, 0.1) is 27.5 Å². The Morgan fingerprint density at radius 2 is 1.72 bits per heavy atom. The first-order valence-electron chi connectivity index (χ1n) is 8.37. The van der Waals surface area contributed by atoms with E-state index in [4.69, 9.17) is 11.6 Å². The van der Waals surface area contributed by atoms with Crippen molar-refractivity contribution >= 4 is 34.8 Å². The van der Waals surface area contributed by atoms with Crippen LogP contribution in [0.25, 0.3) is 0 Å². The van der Waals surface area contributed by atoms with Crippen LogP contribution in [0.2, 0.25) is 5.02 Å². The number of hydrogen-bond donors (Lipinski definition) is 0. The Morgan fingerprint density at radius 1 is 1.04 bits per heavy atom. The van der Waals surface area contributed by atoms with Crippen LogP contribution in [0, 0.1) is 13.8 Å². The molecule has 130 valence electrons. The van der Waals surface area contributed by atoms with Gasteiger partial charge in [-0.3, -0.25) is 9.59 Å². The number of benzene rings is 1. The van der Waals surface area contributed by atoms with E-state index in [-0.39, 0.29) is 23.9 Å². The van der Waals surface area contributed by atoms with Crippen LogP contribution in [0.3, 0.4) is 0 Å². The lowest BCUT2D eigenvalue weighted by Crippen LogP contribution is -2.50. The predicted molar refractivity (Wildman–Crippen MR) is 99.5 cm³/mol. The molecular formula is C19H19ClN2O2S. The first-order valence-corrected chi connectivity index (χ1v) is 9.63. The molecular weight excluding hydrogens is 356 g/mol. The number of piperazine rings is 1. The molecule has 0 saturated carbocycles. The summed E-state index contributed by atoms with van der Waals surface area (Å²) in [5, 5.41) is 2.48. The second-order valence-electron chi connectivity index (χ2n) is 6.93. The second-order valence-corrected chi connectivity index (χ2v) is 8.25. The third-order valence-corrected chi connectivity index (χ3v) is 6.42. The van der Waals surface area contributed by atoms with Crippen molar-refractivity contribution in [1.82, 2.24) is 9.80 Å². The SMILES string of the molecule is Cc1csc(C(=O)N2C[C@@H]3C[C@H]2CN3C(=O)c2cc(C)ccc2Cl)c1. The van der Waals surface area contributed by atoms with Crippen molar-refractivity contribution in [3.8, 4) is 0 Å². The summed E-state index contributed by atoms with van der Waals surface area (Å²) >= 11 is 7.71. The van der Waals surface area contributed by atoms with Crippen molar-refractivity contribution in [2.24, 2.45) is 0 Å². The summed E-state index contributed by atoms with van der Waals surface area (Å²) in [5.41, 5.74) is 2.69. The Labute approximate surface area is 156 Å². The number of thiophene rings is 1. The molecule has 0 N–H and O–H groups in total. The Bertz CT molecular complexity index is 863. The summed E-state index contributed by atoms with van der Waals surface area (Å²) < 4.78 is 0. The number of fused-ring (bicyclic) bond motifs is 2. The van der Waals surface area contributed by atoms with Crippen molar-refractivity contribution in [1.29, 1.82) is 0 Å². The molecule has 0 unspecified atom stereocenters. The molecule has 2 atom stereocenters. The summed E-state index contributed by atoms with van der Waals surface area (Å²) in [6.07, 6.45) is 0.852. The number of aryl methyl sites for hydroxylation is 2. The van der Waals surface area contributed by atoms with Crippen LogP contribution in [0.15, 0.2) is 29.6 Å². The number of amides is 2. The number of halogens is 1. The van der Waals surface area contributed by atoms with Crippen LogP contribution in [0.1, 0.15) is 37.6 Å². The second kappa shape index (κ2) is 6.15. The number of nitrogens with zero attached hydrogens (tertiary/aromatic N) is 2. The molecule has 4 nitrogen and oxygen atoms in total. The quantitative estimate of drug-likeness (QED) is 0.803. The van der Waals surface area contributed by atoms with Gasteiger partial charge in [0.25, 0.3) is 11.8 Å². The molecule has 2 aliphatic rings. The highest BCUT2D eigenvalue weighted by molar-refractivity contribution is 7.12. The van der Waals surface area contributed by atoms with Crippen molar-refractivity contribution in [2.45, 2.75) is 32.4 Å². The van der Waals surface area contributed by atoms with Crippen molar-refractivity contribution in [2.75, 3.05) is 13.1 Å². The van der Waals surface area contributed by atoms with Crippen molar-refractivity contribution in [3.63, 3.8) is 0 Å². The molecule has 25 heavy (non-hydrogen) atoms. The molecule has 3 heterocycles. The van der Waals surface area contributed by atoms with Gasteiger partial charge in [-0.25, -0.2) is 0 Å². The lowest BCUT2D eigenvalue weighted by Gasteiger charge is -2.34. The van der Waals surface area contributed by atoms with E-state index in [9.17, 15) is 9.59 Å². The topological polar surface area (TPSA) is 40.6 Å². The van der Waals surface area contributed by atoms with Crippen LogP contribution in [0.5, 0.6) is 0 Å². The van der Waals surface area contributed by atoms with Gasteiger partial charge in [-0.05, 0) is 49.4 Å². The molecule has 2 bridgehead atoms. The van der Waals surface area contributed by atoms with Crippen molar-refractivity contribution < 1.29 is 9.59 Å². The molecule has 2 amide bonds. The molecule has 0 aliphatic carbocycles. The third kappa shape index (κ3) is 2.85. The first kappa shape index (κ1) is 16.6. The van der Waals surface area contributed by atoms with E-state index in [2.05, 4.69) is 0 Å². The average molecular weight is 375 g/mol. The first-order chi connectivity index (χ1) is 11.9. The van der Waals surface area contributed by atoms with E-state index in [1.54, 1.807) is 6.07 Å². The van der Waals surface area contributed by atoms with Crippen LogP contribution < -0.4 is 0 Å². The van der Waals surface area contributed by atoms with Gasteiger partial charge in [0, 0.05) is 13.1 Å². The van der Waals surface area contributed by atoms with E-state index in [1.165, 1.54) is 11.3 Å². The minimum Gasteiger partial charge on any atom is -0.332 e. The molecule has 1 aromatic heterocycles. The number of rotatable bonds is 2. The van der Waals surface area contributed by atoms with Gasteiger partial charge in [-0.1, -0.05) is 23.2 Å². The average Bonchev–Trinajstić information content (AvgIpc) is 3.30. The number of carbonyl (C=O) groups excluding carboxylic acids is 2. The lowest BCUT2D eigenvalue weighted by atomic mass is 10.1. The fourth-order valence-electron chi connectivity index (χ4n) is 3.81. The number of hydrogen-bond acceptors (Lipinski definition) is 3. The zero-order chi connectivity index (χ0) is 17.7. The largest absolute Gasteiger partial charge is 0.332 e.